The molecule has 5 heteroatoms. The predicted molar refractivity (Wildman–Crippen MR) is 67.5 cm³/mol. The molecule has 2 nitrogen and oxygen atoms in total. The summed E-state index contributed by atoms with van der Waals surface area (Å²) in [7, 11) is 1.59. The van der Waals surface area contributed by atoms with E-state index in [4.69, 9.17) is 21.1 Å². The summed E-state index contributed by atoms with van der Waals surface area (Å²) in [6.45, 7) is 2.62. The molecular weight excluding hydrogens is 235 g/mol. The van der Waals surface area contributed by atoms with Crippen LogP contribution in [0.2, 0.25) is 0 Å². The first-order valence-electron chi connectivity index (χ1n) is 4.22. The Kier molecular flexibility index (Phi) is 4.45. The molecular formula is C9H13O2PS2. The summed E-state index contributed by atoms with van der Waals surface area (Å²) < 4.78 is 10.5. The number of hydrogen-bond acceptors (Lipinski definition) is 3. The zero-order valence-corrected chi connectivity index (χ0v) is 10.7. The molecule has 1 rings (SSSR count). The Balaban J connectivity index is 2.88. The Morgan fingerprint density at radius 2 is 1.93 bits per heavy atom. The maximum atomic E-state index is 5.32. The van der Waals surface area contributed by atoms with Crippen LogP contribution < -0.4 is 10.0 Å². The van der Waals surface area contributed by atoms with Gasteiger partial charge in [0.25, 0.3) is 0 Å². The summed E-state index contributed by atoms with van der Waals surface area (Å²) in [5.74, 6) is 0.843. The number of hydrogen-bond donors (Lipinski definition) is 1. The lowest BCUT2D eigenvalue weighted by atomic mass is 10.3. The molecule has 0 spiro atoms. The van der Waals surface area contributed by atoms with E-state index in [9.17, 15) is 0 Å². The molecule has 1 atom stereocenters. The van der Waals surface area contributed by atoms with Gasteiger partial charge < -0.3 is 9.26 Å². The SMILES string of the molecule is CCOc1ccc(P(=S)(S)OC)cc1. The van der Waals surface area contributed by atoms with Crippen molar-refractivity contribution in [1.82, 2.24) is 0 Å². The second-order valence-corrected chi connectivity index (χ2v) is 8.60. The van der Waals surface area contributed by atoms with Gasteiger partial charge in [-0.3, -0.25) is 0 Å². The summed E-state index contributed by atoms with van der Waals surface area (Å²) in [5.41, 5.74) is -2.09. The first-order chi connectivity index (χ1) is 6.60. The topological polar surface area (TPSA) is 18.5 Å². The fourth-order valence-electron chi connectivity index (χ4n) is 1.00. The van der Waals surface area contributed by atoms with Crippen molar-refractivity contribution in [1.29, 1.82) is 0 Å². The van der Waals surface area contributed by atoms with Crippen LogP contribution in [-0.2, 0) is 16.3 Å². The van der Waals surface area contributed by atoms with Crippen LogP contribution >= 0.6 is 17.7 Å². The zero-order valence-electron chi connectivity index (χ0n) is 8.14. The first-order valence-corrected chi connectivity index (χ1v) is 8.09. The van der Waals surface area contributed by atoms with Crippen LogP contribution in [0.3, 0.4) is 0 Å². The molecule has 0 bridgehead atoms. The fraction of sp³-hybridized carbons (Fsp3) is 0.333. The van der Waals surface area contributed by atoms with Crippen LogP contribution in [0.1, 0.15) is 6.92 Å². The van der Waals surface area contributed by atoms with E-state index in [0.29, 0.717) is 6.61 Å². The Hall–Kier alpha value is -0.0200. The summed E-state index contributed by atoms with van der Waals surface area (Å²) in [6, 6.07) is 7.58. The minimum absolute atomic E-state index is 0.665. The Labute approximate surface area is 94.9 Å². The molecule has 0 amide bonds. The fourth-order valence-corrected chi connectivity index (χ4v) is 2.50. The quantitative estimate of drug-likeness (QED) is 0.652. The van der Waals surface area contributed by atoms with Gasteiger partial charge in [0.05, 0.1) is 6.61 Å². The van der Waals surface area contributed by atoms with E-state index in [-0.39, 0.29) is 0 Å². The zero-order chi connectivity index (χ0) is 10.6. The highest BCUT2D eigenvalue weighted by Gasteiger charge is 2.12. The van der Waals surface area contributed by atoms with Crippen molar-refractivity contribution in [3.05, 3.63) is 24.3 Å². The summed E-state index contributed by atoms with van der Waals surface area (Å²) in [5, 5.41) is 0.946. The van der Waals surface area contributed by atoms with E-state index in [1.807, 2.05) is 31.2 Å². The Morgan fingerprint density at radius 1 is 1.36 bits per heavy atom. The van der Waals surface area contributed by atoms with Gasteiger partial charge in [-0.1, -0.05) is 11.8 Å². The van der Waals surface area contributed by atoms with Crippen molar-refractivity contribution >= 4 is 34.8 Å². The normalized spacial score (nSPS) is 14.8. The van der Waals surface area contributed by atoms with Crippen LogP contribution in [0.15, 0.2) is 24.3 Å². The first kappa shape index (κ1) is 12.1. The van der Waals surface area contributed by atoms with Crippen molar-refractivity contribution < 1.29 is 9.26 Å². The molecule has 0 fully saturated rings. The van der Waals surface area contributed by atoms with E-state index in [0.717, 1.165) is 11.1 Å². The largest absolute Gasteiger partial charge is 0.494 e. The maximum absolute atomic E-state index is 5.32. The van der Waals surface area contributed by atoms with Gasteiger partial charge in [0.1, 0.15) is 11.2 Å². The number of thiol groups is 1. The lowest BCUT2D eigenvalue weighted by Crippen LogP contribution is -2.01. The number of ether oxygens (including phenoxy) is 1. The van der Waals surface area contributed by atoms with E-state index in [2.05, 4.69) is 12.2 Å². The van der Waals surface area contributed by atoms with Gasteiger partial charge in [0, 0.05) is 12.4 Å². The monoisotopic (exact) mass is 248 g/mol. The molecule has 0 aromatic heterocycles. The van der Waals surface area contributed by atoms with Crippen LogP contribution in [-0.4, -0.2) is 13.7 Å². The minimum Gasteiger partial charge on any atom is -0.494 e. The minimum atomic E-state index is -2.09. The predicted octanol–water partition coefficient (Wildman–Crippen LogP) is 2.60. The molecule has 0 saturated carbocycles. The average Bonchev–Trinajstić information content (AvgIpc) is 2.19. The highest BCUT2D eigenvalue weighted by molar-refractivity contribution is 8.64. The highest BCUT2D eigenvalue weighted by atomic mass is 32.9. The standard InChI is InChI=1S/C9H13O2PS2/c1-3-11-8-4-6-9(7-5-8)12(13,14)10-2/h4-7H,3H2,1-2H3,(H,13,14). The highest BCUT2D eigenvalue weighted by Crippen LogP contribution is 2.50. The van der Waals surface area contributed by atoms with Crippen molar-refractivity contribution in [3.8, 4) is 5.75 Å². The van der Waals surface area contributed by atoms with Gasteiger partial charge in [-0.25, -0.2) is 0 Å². The molecule has 78 valence electrons. The lowest BCUT2D eigenvalue weighted by molar-refractivity contribution is 0.340. The summed E-state index contributed by atoms with van der Waals surface area (Å²) >= 11 is 9.56. The van der Waals surface area contributed by atoms with Crippen LogP contribution in [0.5, 0.6) is 5.75 Å². The smallest absolute Gasteiger partial charge is 0.145 e. The van der Waals surface area contributed by atoms with Crippen LogP contribution in [0, 0.1) is 0 Å². The average molecular weight is 248 g/mol. The van der Waals surface area contributed by atoms with Gasteiger partial charge in [-0.15, -0.1) is 12.2 Å². The number of rotatable bonds is 4. The molecule has 0 radical (unpaired) electrons. The molecule has 0 aliphatic carbocycles. The second-order valence-electron chi connectivity index (χ2n) is 2.63. The van der Waals surface area contributed by atoms with E-state index in [1.165, 1.54) is 0 Å². The van der Waals surface area contributed by atoms with Gasteiger partial charge in [0.2, 0.25) is 0 Å². The maximum Gasteiger partial charge on any atom is 0.145 e. The van der Waals surface area contributed by atoms with Gasteiger partial charge in [-0.05, 0) is 31.2 Å². The second kappa shape index (κ2) is 5.17. The van der Waals surface area contributed by atoms with Crippen molar-refractivity contribution in [2.45, 2.75) is 6.92 Å². The molecule has 14 heavy (non-hydrogen) atoms. The molecule has 0 N–H and O–H groups in total. The molecule has 1 aromatic rings. The van der Waals surface area contributed by atoms with E-state index >= 15 is 0 Å². The molecule has 0 heterocycles. The summed E-state index contributed by atoms with van der Waals surface area (Å²) in [6.07, 6.45) is 0. The van der Waals surface area contributed by atoms with Gasteiger partial charge in [-0.2, -0.15) is 0 Å². The molecule has 0 aliphatic rings. The Morgan fingerprint density at radius 3 is 2.36 bits per heavy atom. The Bertz CT molecular complexity index is 337. The van der Waals surface area contributed by atoms with Gasteiger partial charge in [0.15, 0.2) is 0 Å². The third-order valence-corrected chi connectivity index (χ3v) is 5.43. The van der Waals surface area contributed by atoms with Gasteiger partial charge >= 0.3 is 0 Å². The molecule has 0 saturated heterocycles. The van der Waals surface area contributed by atoms with E-state index < -0.39 is 5.47 Å². The molecule has 1 unspecified atom stereocenters. The molecule has 0 aliphatic heterocycles. The van der Waals surface area contributed by atoms with Crippen molar-refractivity contribution in [3.63, 3.8) is 0 Å². The van der Waals surface area contributed by atoms with Crippen LogP contribution in [0.4, 0.5) is 0 Å². The van der Waals surface area contributed by atoms with Crippen molar-refractivity contribution in [2.75, 3.05) is 13.7 Å². The van der Waals surface area contributed by atoms with Crippen LogP contribution in [0.25, 0.3) is 0 Å². The summed E-state index contributed by atoms with van der Waals surface area (Å²) in [4.78, 5) is 0. The molecule has 1 aromatic carbocycles. The van der Waals surface area contributed by atoms with Crippen molar-refractivity contribution in [2.24, 2.45) is 0 Å². The third-order valence-electron chi connectivity index (χ3n) is 1.72. The third kappa shape index (κ3) is 2.99. The lowest BCUT2D eigenvalue weighted by Gasteiger charge is -2.13. The van der Waals surface area contributed by atoms with E-state index in [1.54, 1.807) is 7.11 Å². The number of benzene rings is 1.